The molecule has 2 N–H and O–H groups in total. The zero-order chi connectivity index (χ0) is 18.4. The molecule has 5 nitrogen and oxygen atoms in total. The van der Waals surface area contributed by atoms with Crippen molar-refractivity contribution in [3.8, 4) is 5.75 Å². The van der Waals surface area contributed by atoms with E-state index in [0.29, 0.717) is 16.3 Å². The Morgan fingerprint density at radius 1 is 1.12 bits per heavy atom. The molecule has 2 rings (SSSR count). The molecular formula is C19H20ClNO4. The van der Waals surface area contributed by atoms with Crippen LogP contribution in [0.25, 0.3) is 0 Å². The number of hydrogen-bond donors (Lipinski definition) is 2. The first kappa shape index (κ1) is 18.8. The molecule has 132 valence electrons. The largest absolute Gasteiger partial charge is 0.488 e. The zero-order valence-electron chi connectivity index (χ0n) is 14.0. The van der Waals surface area contributed by atoms with Crippen LogP contribution in [0.15, 0.2) is 48.5 Å². The van der Waals surface area contributed by atoms with Crippen molar-refractivity contribution in [2.24, 2.45) is 5.92 Å². The molecule has 0 saturated carbocycles. The number of amides is 1. The summed E-state index contributed by atoms with van der Waals surface area (Å²) in [6.07, 6.45) is 0. The second-order valence-electron chi connectivity index (χ2n) is 5.77. The fourth-order valence-electron chi connectivity index (χ4n) is 2.17. The van der Waals surface area contributed by atoms with Crippen LogP contribution in [-0.4, -0.2) is 23.0 Å². The van der Waals surface area contributed by atoms with Crippen molar-refractivity contribution in [1.29, 1.82) is 0 Å². The molecule has 0 spiro atoms. The fraction of sp³-hybridized carbons (Fsp3) is 0.263. The molecular weight excluding hydrogens is 342 g/mol. The van der Waals surface area contributed by atoms with Crippen molar-refractivity contribution < 1.29 is 19.4 Å². The average molecular weight is 362 g/mol. The van der Waals surface area contributed by atoms with Crippen LogP contribution in [0.5, 0.6) is 5.75 Å². The molecule has 0 aromatic heterocycles. The van der Waals surface area contributed by atoms with E-state index >= 15 is 0 Å². The third kappa shape index (κ3) is 4.97. The number of carbonyl (C=O) groups excluding carboxylic acids is 1. The minimum atomic E-state index is -0.962. The Kier molecular flexibility index (Phi) is 6.42. The monoisotopic (exact) mass is 361 g/mol. The summed E-state index contributed by atoms with van der Waals surface area (Å²) in [7, 11) is 0. The van der Waals surface area contributed by atoms with Gasteiger partial charge in [0.2, 0.25) is 0 Å². The summed E-state index contributed by atoms with van der Waals surface area (Å²) in [4.78, 5) is 23.5. The van der Waals surface area contributed by atoms with E-state index in [1.165, 1.54) is 0 Å². The summed E-state index contributed by atoms with van der Waals surface area (Å²) in [5.74, 6) is -1.62. The number of ether oxygens (including phenoxy) is 1. The lowest BCUT2D eigenvalue weighted by Crippen LogP contribution is -2.40. The van der Waals surface area contributed by atoms with Crippen molar-refractivity contribution in [3.63, 3.8) is 0 Å². The molecule has 0 aliphatic heterocycles. The SMILES string of the molecule is CC(NC(=O)c1ccccc1OCc1ccccc1Cl)C(C)C(=O)O. The Morgan fingerprint density at radius 2 is 1.76 bits per heavy atom. The Bertz CT molecular complexity index is 763. The van der Waals surface area contributed by atoms with Crippen LogP contribution in [0.2, 0.25) is 5.02 Å². The van der Waals surface area contributed by atoms with Gasteiger partial charge in [-0.25, -0.2) is 0 Å². The molecule has 2 aromatic carbocycles. The van der Waals surface area contributed by atoms with Crippen LogP contribution in [-0.2, 0) is 11.4 Å². The van der Waals surface area contributed by atoms with E-state index in [-0.39, 0.29) is 12.5 Å². The highest BCUT2D eigenvalue weighted by Gasteiger charge is 2.22. The van der Waals surface area contributed by atoms with Crippen molar-refractivity contribution in [2.45, 2.75) is 26.5 Å². The Balaban J connectivity index is 2.10. The van der Waals surface area contributed by atoms with Gasteiger partial charge in [0.15, 0.2) is 0 Å². The molecule has 0 bridgehead atoms. The number of hydrogen-bond acceptors (Lipinski definition) is 3. The number of carboxylic acids is 1. The third-order valence-corrected chi connectivity index (χ3v) is 4.34. The molecule has 25 heavy (non-hydrogen) atoms. The summed E-state index contributed by atoms with van der Waals surface area (Å²) < 4.78 is 5.75. The maximum atomic E-state index is 12.5. The van der Waals surface area contributed by atoms with Gasteiger partial charge in [0.05, 0.1) is 11.5 Å². The molecule has 0 aliphatic carbocycles. The second-order valence-corrected chi connectivity index (χ2v) is 6.17. The topological polar surface area (TPSA) is 75.6 Å². The number of carbonyl (C=O) groups is 2. The van der Waals surface area contributed by atoms with Gasteiger partial charge in [-0.15, -0.1) is 0 Å². The van der Waals surface area contributed by atoms with E-state index < -0.39 is 17.9 Å². The standard InChI is InChI=1S/C19H20ClNO4/c1-12(19(23)24)13(2)21-18(22)15-8-4-6-10-17(15)25-11-14-7-3-5-9-16(14)20/h3-10,12-13H,11H2,1-2H3,(H,21,22)(H,23,24). The summed E-state index contributed by atoms with van der Waals surface area (Å²) in [5.41, 5.74) is 1.16. The number of aliphatic carboxylic acids is 1. The van der Waals surface area contributed by atoms with E-state index in [1.807, 2.05) is 18.2 Å². The normalized spacial score (nSPS) is 12.9. The molecule has 6 heteroatoms. The van der Waals surface area contributed by atoms with Crippen LogP contribution >= 0.6 is 11.6 Å². The smallest absolute Gasteiger partial charge is 0.308 e. The van der Waals surface area contributed by atoms with Crippen LogP contribution in [0.1, 0.15) is 29.8 Å². The van der Waals surface area contributed by atoms with Crippen LogP contribution in [0, 0.1) is 5.92 Å². The van der Waals surface area contributed by atoms with Crippen molar-refractivity contribution in [3.05, 3.63) is 64.7 Å². The number of nitrogens with one attached hydrogen (secondary N) is 1. The maximum absolute atomic E-state index is 12.5. The number of halogens is 1. The Hall–Kier alpha value is -2.53. The second kappa shape index (κ2) is 8.53. The molecule has 0 heterocycles. The summed E-state index contributed by atoms with van der Waals surface area (Å²) in [6, 6.07) is 13.6. The van der Waals surface area contributed by atoms with Crippen molar-refractivity contribution in [2.75, 3.05) is 0 Å². The molecule has 0 saturated heterocycles. The first-order valence-corrected chi connectivity index (χ1v) is 8.27. The lowest BCUT2D eigenvalue weighted by molar-refractivity contribution is -0.141. The van der Waals surface area contributed by atoms with Gasteiger partial charge >= 0.3 is 5.97 Å². The summed E-state index contributed by atoms with van der Waals surface area (Å²) in [6.45, 7) is 3.43. The van der Waals surface area contributed by atoms with E-state index in [2.05, 4.69) is 5.32 Å². The highest BCUT2D eigenvalue weighted by molar-refractivity contribution is 6.31. The van der Waals surface area contributed by atoms with Gasteiger partial charge in [-0.05, 0) is 32.0 Å². The summed E-state index contributed by atoms with van der Waals surface area (Å²) in [5, 5.41) is 12.3. The zero-order valence-corrected chi connectivity index (χ0v) is 14.8. The van der Waals surface area contributed by atoms with Crippen molar-refractivity contribution >= 4 is 23.5 Å². The molecule has 0 fully saturated rings. The number of carboxylic acid groups (broad SMARTS) is 1. The number of benzene rings is 2. The van der Waals surface area contributed by atoms with Crippen LogP contribution in [0.3, 0.4) is 0 Å². The molecule has 2 atom stereocenters. The molecule has 2 unspecified atom stereocenters. The highest BCUT2D eigenvalue weighted by Crippen LogP contribution is 2.22. The first-order chi connectivity index (χ1) is 11.9. The lowest BCUT2D eigenvalue weighted by atomic mass is 10.0. The van der Waals surface area contributed by atoms with Crippen LogP contribution in [0.4, 0.5) is 0 Å². The first-order valence-electron chi connectivity index (χ1n) is 7.89. The molecule has 2 aromatic rings. The molecule has 0 aliphatic rings. The van der Waals surface area contributed by atoms with Gasteiger partial charge in [-0.2, -0.15) is 0 Å². The summed E-state index contributed by atoms with van der Waals surface area (Å²) >= 11 is 6.11. The minimum absolute atomic E-state index is 0.227. The van der Waals surface area contributed by atoms with E-state index in [0.717, 1.165) is 5.56 Å². The molecule has 1 amide bonds. The van der Waals surface area contributed by atoms with Gasteiger partial charge in [0.1, 0.15) is 12.4 Å². The fourth-order valence-corrected chi connectivity index (χ4v) is 2.36. The number of para-hydroxylation sites is 1. The van der Waals surface area contributed by atoms with Crippen LogP contribution < -0.4 is 10.1 Å². The van der Waals surface area contributed by atoms with E-state index in [9.17, 15) is 9.59 Å². The quantitative estimate of drug-likeness (QED) is 0.787. The maximum Gasteiger partial charge on any atom is 0.308 e. The predicted octanol–water partition coefficient (Wildman–Crippen LogP) is 3.76. The van der Waals surface area contributed by atoms with Gasteiger partial charge < -0.3 is 15.2 Å². The van der Waals surface area contributed by atoms with Gasteiger partial charge in [0, 0.05) is 16.6 Å². The minimum Gasteiger partial charge on any atom is -0.488 e. The third-order valence-electron chi connectivity index (χ3n) is 3.97. The Morgan fingerprint density at radius 3 is 2.44 bits per heavy atom. The van der Waals surface area contributed by atoms with E-state index in [4.69, 9.17) is 21.4 Å². The van der Waals surface area contributed by atoms with Gasteiger partial charge in [-0.1, -0.05) is 41.9 Å². The van der Waals surface area contributed by atoms with Gasteiger partial charge in [-0.3, -0.25) is 9.59 Å². The van der Waals surface area contributed by atoms with E-state index in [1.54, 1.807) is 44.2 Å². The lowest BCUT2D eigenvalue weighted by Gasteiger charge is -2.19. The molecule has 0 radical (unpaired) electrons. The number of rotatable bonds is 7. The predicted molar refractivity (Wildman–Crippen MR) is 96.0 cm³/mol. The van der Waals surface area contributed by atoms with Crippen molar-refractivity contribution in [1.82, 2.24) is 5.32 Å². The average Bonchev–Trinajstić information content (AvgIpc) is 2.60. The Labute approximate surface area is 151 Å². The highest BCUT2D eigenvalue weighted by atomic mass is 35.5. The van der Waals surface area contributed by atoms with Gasteiger partial charge in [0.25, 0.3) is 5.91 Å².